The fourth-order valence-electron chi connectivity index (χ4n) is 1.46. The lowest BCUT2D eigenvalue weighted by Gasteiger charge is -2.24. The van der Waals surface area contributed by atoms with E-state index < -0.39 is 15.6 Å². The summed E-state index contributed by atoms with van der Waals surface area (Å²) in [6.07, 6.45) is 1.94. The van der Waals surface area contributed by atoms with Crippen LogP contribution in [0.15, 0.2) is 43.0 Å². The average molecular weight is 269 g/mol. The molecule has 1 unspecified atom stereocenters. The van der Waals surface area contributed by atoms with Crippen molar-refractivity contribution >= 4 is 10.0 Å². The second kappa shape index (κ2) is 6.13. The van der Waals surface area contributed by atoms with Gasteiger partial charge >= 0.3 is 0 Å². The van der Waals surface area contributed by atoms with Crippen molar-refractivity contribution in [2.75, 3.05) is 12.3 Å². The molecule has 0 heterocycles. The molecule has 0 aliphatic heterocycles. The van der Waals surface area contributed by atoms with Crippen LogP contribution in [-0.2, 0) is 15.6 Å². The van der Waals surface area contributed by atoms with Gasteiger partial charge in [-0.25, -0.2) is 13.1 Å². The van der Waals surface area contributed by atoms with Crippen molar-refractivity contribution in [2.45, 2.75) is 18.9 Å². The number of allylic oxidation sites excluding steroid dienone is 1. The summed E-state index contributed by atoms with van der Waals surface area (Å²) < 4.78 is 25.6. The first-order valence-corrected chi connectivity index (χ1v) is 7.39. The van der Waals surface area contributed by atoms with Crippen LogP contribution in [0.4, 0.5) is 0 Å². The maximum Gasteiger partial charge on any atom is 0.212 e. The van der Waals surface area contributed by atoms with Crippen LogP contribution in [0.1, 0.15) is 18.9 Å². The third-order valence-electron chi connectivity index (χ3n) is 2.62. The molecule has 4 nitrogen and oxygen atoms in total. The Bertz CT molecular complexity index is 480. The second-order valence-corrected chi connectivity index (χ2v) is 6.28. The molecule has 0 saturated carbocycles. The van der Waals surface area contributed by atoms with Gasteiger partial charge in [0, 0.05) is 6.54 Å². The summed E-state index contributed by atoms with van der Waals surface area (Å²) in [4.78, 5) is 0. The highest BCUT2D eigenvalue weighted by molar-refractivity contribution is 7.89. The van der Waals surface area contributed by atoms with Crippen LogP contribution in [0.25, 0.3) is 0 Å². The predicted octanol–water partition coefficient (Wildman–Crippen LogP) is 1.39. The summed E-state index contributed by atoms with van der Waals surface area (Å²) in [5.41, 5.74) is -0.542. The van der Waals surface area contributed by atoms with Gasteiger partial charge in [0.25, 0.3) is 0 Å². The Hall–Kier alpha value is -1.17. The van der Waals surface area contributed by atoms with Gasteiger partial charge in [0.1, 0.15) is 5.60 Å². The van der Waals surface area contributed by atoms with E-state index in [-0.39, 0.29) is 12.3 Å². The molecule has 1 aromatic carbocycles. The van der Waals surface area contributed by atoms with E-state index in [0.29, 0.717) is 12.0 Å². The van der Waals surface area contributed by atoms with E-state index >= 15 is 0 Å². The molecule has 0 amide bonds. The fraction of sp³-hybridized carbons (Fsp3) is 0.385. The molecule has 18 heavy (non-hydrogen) atoms. The van der Waals surface area contributed by atoms with Crippen molar-refractivity contribution in [3.63, 3.8) is 0 Å². The Morgan fingerprint density at radius 2 is 2.00 bits per heavy atom. The minimum atomic E-state index is -3.37. The van der Waals surface area contributed by atoms with Crippen LogP contribution < -0.4 is 4.72 Å². The van der Waals surface area contributed by atoms with Crippen molar-refractivity contribution in [2.24, 2.45) is 0 Å². The van der Waals surface area contributed by atoms with Gasteiger partial charge in [-0.2, -0.15) is 0 Å². The molecule has 0 fully saturated rings. The van der Waals surface area contributed by atoms with Gasteiger partial charge in [0.05, 0.1) is 5.75 Å². The van der Waals surface area contributed by atoms with Gasteiger partial charge in [0.2, 0.25) is 10.0 Å². The number of sulfonamides is 1. The van der Waals surface area contributed by atoms with Crippen molar-refractivity contribution in [3.05, 3.63) is 48.6 Å². The lowest BCUT2D eigenvalue weighted by Crippen LogP contribution is -2.39. The molecular weight excluding hydrogens is 250 g/mol. The van der Waals surface area contributed by atoms with E-state index in [2.05, 4.69) is 11.3 Å². The molecular formula is C13H19NO3S. The molecule has 0 aliphatic rings. The Kier molecular flexibility index (Phi) is 5.07. The van der Waals surface area contributed by atoms with Crippen molar-refractivity contribution in [3.8, 4) is 0 Å². The molecule has 0 bridgehead atoms. The number of aliphatic hydroxyl groups is 1. The quantitative estimate of drug-likeness (QED) is 0.735. The first kappa shape index (κ1) is 14.9. The molecule has 1 atom stereocenters. The monoisotopic (exact) mass is 269 g/mol. The molecule has 100 valence electrons. The van der Waals surface area contributed by atoms with Crippen LogP contribution in [0.5, 0.6) is 0 Å². The normalized spacial score (nSPS) is 15.0. The topological polar surface area (TPSA) is 66.4 Å². The Morgan fingerprint density at radius 3 is 2.56 bits per heavy atom. The molecule has 5 heteroatoms. The SMILES string of the molecule is C=CCCS(=O)(=O)NCC(C)(O)c1ccccc1. The third kappa shape index (κ3) is 4.60. The third-order valence-corrected chi connectivity index (χ3v) is 3.98. The van der Waals surface area contributed by atoms with E-state index in [9.17, 15) is 13.5 Å². The van der Waals surface area contributed by atoms with Crippen LogP contribution in [0, 0.1) is 0 Å². The van der Waals surface area contributed by atoms with Crippen LogP contribution in [0.2, 0.25) is 0 Å². The van der Waals surface area contributed by atoms with Crippen molar-refractivity contribution in [1.82, 2.24) is 4.72 Å². The van der Waals surface area contributed by atoms with Gasteiger partial charge < -0.3 is 5.11 Å². The zero-order chi connectivity index (χ0) is 13.6. The highest BCUT2D eigenvalue weighted by Gasteiger charge is 2.24. The van der Waals surface area contributed by atoms with Gasteiger partial charge in [-0.1, -0.05) is 36.4 Å². The van der Waals surface area contributed by atoms with E-state index in [1.807, 2.05) is 6.07 Å². The summed E-state index contributed by atoms with van der Waals surface area (Å²) in [5, 5.41) is 10.2. The lowest BCUT2D eigenvalue weighted by atomic mass is 9.97. The standard InChI is InChI=1S/C13H19NO3S/c1-3-4-10-18(16,17)14-11-13(2,15)12-8-6-5-7-9-12/h3,5-9,14-15H,1,4,10-11H2,2H3. The molecule has 1 aromatic rings. The summed E-state index contributed by atoms with van der Waals surface area (Å²) in [6, 6.07) is 8.97. The smallest absolute Gasteiger partial charge is 0.212 e. The molecule has 0 radical (unpaired) electrons. The minimum absolute atomic E-state index is 0.0125. The fourth-order valence-corrected chi connectivity index (χ4v) is 2.58. The number of rotatable bonds is 7. The van der Waals surface area contributed by atoms with Crippen LogP contribution in [0.3, 0.4) is 0 Å². The van der Waals surface area contributed by atoms with Gasteiger partial charge in [0.15, 0.2) is 0 Å². The first-order valence-electron chi connectivity index (χ1n) is 5.73. The van der Waals surface area contributed by atoms with E-state index in [1.165, 1.54) is 0 Å². The molecule has 0 aromatic heterocycles. The first-order chi connectivity index (χ1) is 8.37. The summed E-state index contributed by atoms with van der Waals surface area (Å²) >= 11 is 0. The maximum absolute atomic E-state index is 11.6. The Morgan fingerprint density at radius 1 is 1.39 bits per heavy atom. The molecule has 0 saturated heterocycles. The zero-order valence-corrected chi connectivity index (χ0v) is 11.3. The van der Waals surface area contributed by atoms with E-state index in [0.717, 1.165) is 0 Å². The second-order valence-electron chi connectivity index (χ2n) is 4.36. The maximum atomic E-state index is 11.6. The molecule has 1 rings (SSSR count). The van der Waals surface area contributed by atoms with Gasteiger partial charge in [-0.15, -0.1) is 6.58 Å². The number of hydrogen-bond donors (Lipinski definition) is 2. The van der Waals surface area contributed by atoms with E-state index in [1.54, 1.807) is 37.3 Å². The highest BCUT2D eigenvalue weighted by Crippen LogP contribution is 2.19. The van der Waals surface area contributed by atoms with E-state index in [4.69, 9.17) is 0 Å². The average Bonchev–Trinajstić information content (AvgIpc) is 2.36. The largest absolute Gasteiger partial charge is 0.384 e. The van der Waals surface area contributed by atoms with Crippen molar-refractivity contribution < 1.29 is 13.5 Å². The number of hydrogen-bond acceptors (Lipinski definition) is 3. The highest BCUT2D eigenvalue weighted by atomic mass is 32.2. The summed E-state index contributed by atoms with van der Waals surface area (Å²) in [7, 11) is -3.37. The van der Waals surface area contributed by atoms with Crippen LogP contribution in [-0.4, -0.2) is 25.8 Å². The summed E-state index contributed by atoms with van der Waals surface area (Å²) in [6.45, 7) is 5.02. The predicted molar refractivity (Wildman–Crippen MR) is 72.6 cm³/mol. The number of benzene rings is 1. The lowest BCUT2D eigenvalue weighted by molar-refractivity contribution is 0.0627. The molecule has 0 spiro atoms. The Labute approximate surface area is 108 Å². The van der Waals surface area contributed by atoms with Crippen molar-refractivity contribution in [1.29, 1.82) is 0 Å². The zero-order valence-electron chi connectivity index (χ0n) is 10.5. The van der Waals surface area contributed by atoms with Gasteiger partial charge in [-0.3, -0.25) is 0 Å². The molecule has 0 aliphatic carbocycles. The van der Waals surface area contributed by atoms with Crippen LogP contribution >= 0.6 is 0 Å². The minimum Gasteiger partial charge on any atom is -0.384 e. The molecule has 2 N–H and O–H groups in total. The number of nitrogens with one attached hydrogen (secondary N) is 1. The van der Waals surface area contributed by atoms with Gasteiger partial charge in [-0.05, 0) is 18.9 Å². The summed E-state index contributed by atoms with van der Waals surface area (Å²) in [5.74, 6) is -0.0125. The Balaban J connectivity index is 2.65.